The molecule has 1 aromatic carbocycles. The molecule has 0 radical (unpaired) electrons. The second kappa shape index (κ2) is 8.15. The molecule has 5 nitrogen and oxygen atoms in total. The minimum atomic E-state index is -3.66. The number of aryl methyl sites for hydroxylation is 1. The normalized spacial score (nSPS) is 29.3. The van der Waals surface area contributed by atoms with E-state index in [1.807, 2.05) is 19.1 Å². The predicted octanol–water partition coefficient (Wildman–Crippen LogP) is 3.72. The number of piperidine rings is 2. The fourth-order valence-corrected chi connectivity index (χ4v) is 7.03. The van der Waals surface area contributed by atoms with Gasteiger partial charge < -0.3 is 4.90 Å². The Labute approximate surface area is 169 Å². The van der Waals surface area contributed by atoms with Crippen LogP contribution in [0.25, 0.3) is 0 Å². The quantitative estimate of drug-likeness (QED) is 0.771. The van der Waals surface area contributed by atoms with Gasteiger partial charge in [0.15, 0.2) is 0 Å². The maximum Gasteiger partial charge on any atom is 0.243 e. The van der Waals surface area contributed by atoms with E-state index in [-0.39, 0.29) is 5.91 Å². The van der Waals surface area contributed by atoms with Crippen molar-refractivity contribution < 1.29 is 13.2 Å². The SMILES string of the molecule is Cc1ccc(S(=O)(=O)N2CCCC[C@@H]2C(=O)N2CCC[C@H]3CCCC[C@@H]32)cc1. The number of fused-ring (bicyclic) bond motifs is 1. The van der Waals surface area contributed by atoms with Gasteiger partial charge in [-0.3, -0.25) is 4.79 Å². The van der Waals surface area contributed by atoms with Crippen LogP contribution in [0.1, 0.15) is 63.4 Å². The summed E-state index contributed by atoms with van der Waals surface area (Å²) in [6, 6.07) is 6.76. The van der Waals surface area contributed by atoms with Crippen LogP contribution in [-0.2, 0) is 14.8 Å². The summed E-state index contributed by atoms with van der Waals surface area (Å²) in [6.45, 7) is 3.17. The largest absolute Gasteiger partial charge is 0.338 e. The molecule has 1 aromatic rings. The van der Waals surface area contributed by atoms with E-state index in [9.17, 15) is 13.2 Å². The van der Waals surface area contributed by atoms with Gasteiger partial charge in [0.2, 0.25) is 15.9 Å². The van der Waals surface area contributed by atoms with Crippen LogP contribution in [0, 0.1) is 12.8 Å². The highest BCUT2D eigenvalue weighted by molar-refractivity contribution is 7.89. The number of hydrogen-bond donors (Lipinski definition) is 0. The van der Waals surface area contributed by atoms with Gasteiger partial charge in [-0.05, 0) is 63.5 Å². The molecule has 6 heteroatoms. The average Bonchev–Trinajstić information content (AvgIpc) is 2.73. The third-order valence-corrected chi connectivity index (χ3v) is 8.82. The highest BCUT2D eigenvalue weighted by atomic mass is 32.2. The van der Waals surface area contributed by atoms with Crippen LogP contribution in [0.3, 0.4) is 0 Å². The number of nitrogens with zero attached hydrogens (tertiary/aromatic N) is 2. The first-order chi connectivity index (χ1) is 13.5. The molecule has 3 aliphatic rings. The predicted molar refractivity (Wildman–Crippen MR) is 109 cm³/mol. The lowest BCUT2D eigenvalue weighted by Crippen LogP contribution is -2.58. The summed E-state index contributed by atoms with van der Waals surface area (Å²) in [7, 11) is -3.66. The minimum Gasteiger partial charge on any atom is -0.338 e. The number of sulfonamides is 1. The number of rotatable bonds is 3. The number of likely N-dealkylation sites (tertiary alicyclic amines) is 1. The van der Waals surface area contributed by atoms with Crippen molar-refractivity contribution in [2.45, 2.75) is 81.7 Å². The Morgan fingerprint density at radius 2 is 1.57 bits per heavy atom. The highest BCUT2D eigenvalue weighted by Crippen LogP contribution is 2.37. The minimum absolute atomic E-state index is 0.0481. The van der Waals surface area contributed by atoms with E-state index in [1.54, 1.807) is 12.1 Å². The molecule has 0 spiro atoms. The van der Waals surface area contributed by atoms with Crippen LogP contribution in [0.5, 0.6) is 0 Å². The lowest BCUT2D eigenvalue weighted by atomic mass is 9.78. The smallest absolute Gasteiger partial charge is 0.243 e. The van der Waals surface area contributed by atoms with Crippen molar-refractivity contribution in [1.29, 1.82) is 0 Å². The van der Waals surface area contributed by atoms with Crippen molar-refractivity contribution in [2.24, 2.45) is 5.92 Å². The topological polar surface area (TPSA) is 57.7 Å². The number of hydrogen-bond acceptors (Lipinski definition) is 3. The number of carbonyl (C=O) groups excluding carboxylic acids is 1. The van der Waals surface area contributed by atoms with E-state index in [1.165, 1.54) is 30.0 Å². The molecule has 2 heterocycles. The number of amides is 1. The van der Waals surface area contributed by atoms with Gasteiger partial charge in [0, 0.05) is 19.1 Å². The summed E-state index contributed by atoms with van der Waals surface area (Å²) >= 11 is 0. The average molecular weight is 405 g/mol. The summed E-state index contributed by atoms with van der Waals surface area (Å²) in [6.07, 6.45) is 9.37. The summed E-state index contributed by atoms with van der Waals surface area (Å²) in [5, 5.41) is 0. The second-order valence-corrected chi connectivity index (χ2v) is 10.6. The summed E-state index contributed by atoms with van der Waals surface area (Å²) in [5.74, 6) is 0.657. The maximum atomic E-state index is 13.6. The Kier molecular flexibility index (Phi) is 5.79. The van der Waals surface area contributed by atoms with Gasteiger partial charge in [-0.15, -0.1) is 0 Å². The first-order valence-electron chi connectivity index (χ1n) is 10.9. The summed E-state index contributed by atoms with van der Waals surface area (Å²) < 4.78 is 28.2. The van der Waals surface area contributed by atoms with Crippen molar-refractivity contribution in [3.8, 4) is 0 Å². The first kappa shape index (κ1) is 19.9. The maximum absolute atomic E-state index is 13.6. The van der Waals surface area contributed by atoms with E-state index in [4.69, 9.17) is 0 Å². The molecule has 0 N–H and O–H groups in total. The van der Waals surface area contributed by atoms with Crippen molar-refractivity contribution in [3.05, 3.63) is 29.8 Å². The van der Waals surface area contributed by atoms with Crippen LogP contribution >= 0.6 is 0 Å². The molecule has 2 saturated heterocycles. The van der Waals surface area contributed by atoms with E-state index in [0.29, 0.717) is 29.8 Å². The van der Waals surface area contributed by atoms with E-state index in [2.05, 4.69) is 4.90 Å². The van der Waals surface area contributed by atoms with Gasteiger partial charge in [-0.2, -0.15) is 4.31 Å². The van der Waals surface area contributed by atoms with E-state index < -0.39 is 16.1 Å². The number of carbonyl (C=O) groups is 1. The molecule has 1 saturated carbocycles. The first-order valence-corrected chi connectivity index (χ1v) is 12.3. The van der Waals surface area contributed by atoms with Gasteiger partial charge >= 0.3 is 0 Å². The molecule has 2 aliphatic heterocycles. The van der Waals surface area contributed by atoms with Gasteiger partial charge in [-0.25, -0.2) is 8.42 Å². The van der Waals surface area contributed by atoms with Crippen LogP contribution < -0.4 is 0 Å². The summed E-state index contributed by atoms with van der Waals surface area (Å²) in [4.78, 5) is 15.9. The second-order valence-electron chi connectivity index (χ2n) is 8.73. The van der Waals surface area contributed by atoms with Gasteiger partial charge in [0.1, 0.15) is 6.04 Å². The van der Waals surface area contributed by atoms with E-state index in [0.717, 1.165) is 37.8 Å². The van der Waals surface area contributed by atoms with Crippen LogP contribution in [-0.4, -0.2) is 48.7 Å². The van der Waals surface area contributed by atoms with Crippen LogP contribution in [0.2, 0.25) is 0 Å². The van der Waals surface area contributed by atoms with Gasteiger partial charge in [0.25, 0.3) is 0 Å². The fourth-order valence-electron chi connectivity index (χ4n) is 5.37. The molecule has 0 aromatic heterocycles. The van der Waals surface area contributed by atoms with Crippen LogP contribution in [0.4, 0.5) is 0 Å². The zero-order chi connectivity index (χ0) is 19.7. The standard InChI is InChI=1S/C22H32N2O3S/c1-17-11-13-19(14-12-17)28(26,27)24-16-5-4-10-21(24)22(25)23-15-6-8-18-7-2-3-9-20(18)23/h11-14,18,20-21H,2-10,15-16H2,1H3/t18-,20+,21-/m1/s1. The molecule has 0 unspecified atom stereocenters. The molecule has 4 rings (SSSR count). The number of benzene rings is 1. The molecule has 0 bridgehead atoms. The third kappa shape index (κ3) is 3.73. The highest BCUT2D eigenvalue weighted by Gasteiger charge is 2.43. The van der Waals surface area contributed by atoms with Crippen molar-refractivity contribution in [3.63, 3.8) is 0 Å². The van der Waals surface area contributed by atoms with Gasteiger partial charge in [0.05, 0.1) is 4.90 Å². The Balaban J connectivity index is 1.59. The zero-order valence-electron chi connectivity index (χ0n) is 16.8. The molecule has 3 atom stereocenters. The molecule has 3 fully saturated rings. The fraction of sp³-hybridized carbons (Fsp3) is 0.682. The Hall–Kier alpha value is -1.40. The third-order valence-electron chi connectivity index (χ3n) is 6.89. The monoisotopic (exact) mass is 404 g/mol. The molecule has 28 heavy (non-hydrogen) atoms. The van der Waals surface area contributed by atoms with Gasteiger partial charge in [-0.1, -0.05) is 37.0 Å². The zero-order valence-corrected chi connectivity index (χ0v) is 17.7. The molecule has 1 amide bonds. The summed E-state index contributed by atoms with van der Waals surface area (Å²) in [5.41, 5.74) is 1.03. The lowest BCUT2D eigenvalue weighted by molar-refractivity contribution is -0.142. The van der Waals surface area contributed by atoms with Crippen molar-refractivity contribution >= 4 is 15.9 Å². The molecular formula is C22H32N2O3S. The Morgan fingerprint density at radius 1 is 0.893 bits per heavy atom. The molecule has 154 valence electrons. The Morgan fingerprint density at radius 3 is 2.36 bits per heavy atom. The Bertz CT molecular complexity index is 804. The van der Waals surface area contributed by atoms with E-state index >= 15 is 0 Å². The van der Waals surface area contributed by atoms with Crippen molar-refractivity contribution in [2.75, 3.05) is 13.1 Å². The van der Waals surface area contributed by atoms with Crippen LogP contribution in [0.15, 0.2) is 29.2 Å². The van der Waals surface area contributed by atoms with Crippen molar-refractivity contribution in [1.82, 2.24) is 9.21 Å². The molecular weight excluding hydrogens is 372 g/mol. The lowest BCUT2D eigenvalue weighted by Gasteiger charge is -2.46. The molecule has 1 aliphatic carbocycles.